The highest BCUT2D eigenvalue weighted by Crippen LogP contribution is 2.40. The van der Waals surface area contributed by atoms with Crippen molar-refractivity contribution in [1.82, 2.24) is 29.9 Å². The molecule has 2 aromatic heterocycles. The van der Waals surface area contributed by atoms with Crippen LogP contribution in [0.4, 0.5) is 20.3 Å². The second-order valence-electron chi connectivity index (χ2n) is 14.4. The van der Waals surface area contributed by atoms with Crippen molar-refractivity contribution in [2.24, 2.45) is 0 Å². The molecule has 0 N–H and O–H groups in total. The number of carbonyl (C=O) groups is 1. The van der Waals surface area contributed by atoms with Crippen LogP contribution in [0.1, 0.15) is 62.0 Å². The van der Waals surface area contributed by atoms with Gasteiger partial charge in [0, 0.05) is 61.9 Å². The molecule has 1 atom stereocenters. The van der Waals surface area contributed by atoms with Gasteiger partial charge in [0.2, 0.25) is 11.7 Å². The monoisotopic (exact) mass is 743 g/mol. The summed E-state index contributed by atoms with van der Waals surface area (Å²) >= 11 is 6.75. The van der Waals surface area contributed by atoms with Crippen LogP contribution in [-0.2, 0) is 23.7 Å². The zero-order valence-corrected chi connectivity index (χ0v) is 30.2. The molecule has 2 aromatic carbocycles. The van der Waals surface area contributed by atoms with E-state index in [0.29, 0.717) is 57.2 Å². The number of nitriles is 1. The molecule has 4 aromatic rings. The van der Waals surface area contributed by atoms with Crippen LogP contribution in [0.15, 0.2) is 47.0 Å². The fraction of sp³-hybridized carbons (Fsp3) is 0.474. The van der Waals surface area contributed by atoms with Crippen molar-refractivity contribution in [2.75, 3.05) is 55.7 Å². The summed E-state index contributed by atoms with van der Waals surface area (Å²) in [4.78, 5) is 35.8. The van der Waals surface area contributed by atoms with Gasteiger partial charge in [0.25, 0.3) is 5.89 Å². The van der Waals surface area contributed by atoms with E-state index in [0.717, 1.165) is 78.9 Å². The number of rotatable bonds is 9. The van der Waals surface area contributed by atoms with E-state index in [9.17, 15) is 18.8 Å². The summed E-state index contributed by atoms with van der Waals surface area (Å²) in [7, 11) is 0. The van der Waals surface area contributed by atoms with Crippen molar-refractivity contribution in [2.45, 2.75) is 69.5 Å². The lowest BCUT2D eigenvalue weighted by Crippen LogP contribution is -2.55. The first-order valence-corrected chi connectivity index (χ1v) is 18.5. The number of anilines is 2. The topological polar surface area (TPSA) is 128 Å². The van der Waals surface area contributed by atoms with Gasteiger partial charge in [-0.1, -0.05) is 41.0 Å². The number of hydrogen-bond donors (Lipinski definition) is 0. The molecule has 0 bridgehead atoms. The van der Waals surface area contributed by atoms with Crippen LogP contribution in [0.2, 0.25) is 5.02 Å². The lowest BCUT2D eigenvalue weighted by Gasteiger charge is -2.42. The summed E-state index contributed by atoms with van der Waals surface area (Å²) in [5.41, 5.74) is 2.96. The first kappa shape index (κ1) is 35.2. The third-order valence-electron chi connectivity index (χ3n) is 11.1. The molecule has 3 saturated heterocycles. The van der Waals surface area contributed by atoms with Gasteiger partial charge in [-0.25, -0.2) is 0 Å². The predicted molar refractivity (Wildman–Crippen MR) is 195 cm³/mol. The molecule has 53 heavy (non-hydrogen) atoms. The van der Waals surface area contributed by atoms with Gasteiger partial charge in [-0.2, -0.15) is 29.0 Å². The number of halogens is 3. The molecule has 3 fully saturated rings. The highest BCUT2D eigenvalue weighted by molar-refractivity contribution is 6.36. The molecule has 0 saturated carbocycles. The number of benzene rings is 2. The molecule has 15 heteroatoms. The van der Waals surface area contributed by atoms with Crippen LogP contribution < -0.4 is 14.5 Å². The summed E-state index contributed by atoms with van der Waals surface area (Å²) in [5.74, 6) is -3.86. The normalized spacial score (nSPS) is 20.2. The number of ether oxygens (including phenoxy) is 1. The second kappa shape index (κ2) is 14.2. The van der Waals surface area contributed by atoms with E-state index in [2.05, 4.69) is 49.1 Å². The fourth-order valence-corrected chi connectivity index (χ4v) is 8.74. The zero-order valence-electron chi connectivity index (χ0n) is 29.5. The van der Waals surface area contributed by atoms with Gasteiger partial charge in [0.05, 0.1) is 41.3 Å². The van der Waals surface area contributed by atoms with E-state index >= 15 is 0 Å². The maximum atomic E-state index is 13.6. The molecule has 8 rings (SSSR count). The van der Waals surface area contributed by atoms with Gasteiger partial charge < -0.3 is 24.0 Å². The van der Waals surface area contributed by atoms with Gasteiger partial charge in [0.15, 0.2) is 0 Å². The number of nitrogens with zero attached hydrogens (tertiary/aromatic N) is 9. The molecule has 0 radical (unpaired) electrons. The van der Waals surface area contributed by atoms with Crippen LogP contribution in [0.25, 0.3) is 16.8 Å². The summed E-state index contributed by atoms with van der Waals surface area (Å²) in [6.07, 6.45) is 7.71. The number of aromatic nitrogens is 4. The van der Waals surface area contributed by atoms with Crippen molar-refractivity contribution in [3.63, 3.8) is 0 Å². The van der Waals surface area contributed by atoms with E-state index < -0.39 is 17.8 Å². The lowest BCUT2D eigenvalue weighted by molar-refractivity contribution is -0.128. The second-order valence-corrected chi connectivity index (χ2v) is 14.8. The standard InChI is InChI=1S/C38H40ClF2N9O3/c1-37(40,41)35-44-31(53-46-35)10-11-32(51)50-21-20-48(22-26(50)12-16-42)34-27-13-19-47(30-9-3-7-25-6-2-8-28(39)33(25)30)23-29(27)43-36(45-34)52-24-38-14-4-17-49(38)18-5-15-38/h2-3,6-11,26H,4-5,12-15,17-24H2,1H3/b11-10+/t26-/m0/s1. The molecule has 1 amide bonds. The molecular weight excluding hydrogens is 704 g/mol. The zero-order chi connectivity index (χ0) is 36.7. The summed E-state index contributed by atoms with van der Waals surface area (Å²) < 4.78 is 38.6. The van der Waals surface area contributed by atoms with Gasteiger partial charge in [-0.15, -0.1) is 0 Å². The SMILES string of the molecule is CC(F)(F)c1noc(/C=C/C(=O)N2CCN(c3nc(OCC45CCCN4CCC5)nc4c3CCN(c3cccc5cccc(Cl)c35)C4)C[C@@H]2CC#N)n1. The predicted octanol–water partition coefficient (Wildman–Crippen LogP) is 5.99. The van der Waals surface area contributed by atoms with Crippen LogP contribution in [-0.4, -0.2) is 93.3 Å². The van der Waals surface area contributed by atoms with Crippen LogP contribution >= 0.6 is 11.6 Å². The van der Waals surface area contributed by atoms with Crippen molar-refractivity contribution >= 4 is 45.9 Å². The number of hydrogen-bond acceptors (Lipinski definition) is 11. The van der Waals surface area contributed by atoms with Gasteiger partial charge >= 0.3 is 11.9 Å². The highest BCUT2D eigenvalue weighted by Gasteiger charge is 2.45. The maximum absolute atomic E-state index is 13.6. The highest BCUT2D eigenvalue weighted by atomic mass is 35.5. The van der Waals surface area contributed by atoms with E-state index in [1.807, 2.05) is 18.2 Å². The first-order chi connectivity index (χ1) is 25.6. The van der Waals surface area contributed by atoms with E-state index in [1.165, 1.54) is 12.2 Å². The van der Waals surface area contributed by atoms with Crippen molar-refractivity contribution in [1.29, 1.82) is 5.26 Å². The lowest BCUT2D eigenvalue weighted by atomic mass is 9.95. The first-order valence-electron chi connectivity index (χ1n) is 18.1. The summed E-state index contributed by atoms with van der Waals surface area (Å²) in [6, 6.07) is 14.3. The molecule has 6 heterocycles. The third kappa shape index (κ3) is 6.88. The third-order valence-corrected chi connectivity index (χ3v) is 11.4. The Morgan fingerprint density at radius 3 is 2.64 bits per heavy atom. The molecule has 4 aliphatic rings. The summed E-state index contributed by atoms with van der Waals surface area (Å²) in [6.45, 7) is 5.76. The Morgan fingerprint density at radius 1 is 1.09 bits per heavy atom. The number of fused-ring (bicyclic) bond motifs is 3. The molecule has 4 aliphatic heterocycles. The molecular formula is C38H40ClF2N9O3. The van der Waals surface area contributed by atoms with Gasteiger partial charge in [0.1, 0.15) is 12.4 Å². The van der Waals surface area contributed by atoms with Gasteiger partial charge in [-0.3, -0.25) is 9.69 Å². The Balaban J connectivity index is 1.07. The largest absolute Gasteiger partial charge is 0.461 e. The molecule has 0 aliphatic carbocycles. The molecule has 0 unspecified atom stereocenters. The Bertz CT molecular complexity index is 2080. The van der Waals surface area contributed by atoms with E-state index in [4.69, 9.17) is 30.8 Å². The smallest absolute Gasteiger partial charge is 0.318 e. The van der Waals surface area contributed by atoms with Crippen molar-refractivity contribution in [3.05, 3.63) is 70.5 Å². The van der Waals surface area contributed by atoms with E-state index in [1.54, 1.807) is 4.90 Å². The number of carbonyl (C=O) groups excluding carboxylic acids is 1. The van der Waals surface area contributed by atoms with Crippen LogP contribution in [0.5, 0.6) is 6.01 Å². The minimum absolute atomic E-state index is 0.0166. The Labute approximate surface area is 311 Å². The number of amides is 1. The average molecular weight is 744 g/mol. The molecule has 0 spiro atoms. The Kier molecular flexibility index (Phi) is 9.40. The van der Waals surface area contributed by atoms with Crippen LogP contribution in [0, 0.1) is 11.3 Å². The van der Waals surface area contributed by atoms with Gasteiger partial charge in [-0.05, 0) is 62.7 Å². The fourth-order valence-electron chi connectivity index (χ4n) is 8.46. The van der Waals surface area contributed by atoms with E-state index in [-0.39, 0.29) is 23.8 Å². The Hall–Kier alpha value is -4.87. The average Bonchev–Trinajstić information content (AvgIpc) is 3.89. The quantitative estimate of drug-likeness (QED) is 0.188. The summed E-state index contributed by atoms with van der Waals surface area (Å²) in [5, 5.41) is 15.9. The number of piperazine rings is 1. The molecule has 12 nitrogen and oxygen atoms in total. The molecule has 276 valence electrons. The van der Waals surface area contributed by atoms with Crippen molar-refractivity contribution in [3.8, 4) is 12.1 Å². The Morgan fingerprint density at radius 2 is 1.89 bits per heavy atom. The number of alkyl halides is 2. The van der Waals surface area contributed by atoms with Crippen molar-refractivity contribution < 1.29 is 22.8 Å². The minimum atomic E-state index is -3.27. The minimum Gasteiger partial charge on any atom is -0.461 e. The van der Waals surface area contributed by atoms with Crippen LogP contribution in [0.3, 0.4) is 0 Å². The maximum Gasteiger partial charge on any atom is 0.318 e.